The van der Waals surface area contributed by atoms with E-state index in [2.05, 4.69) is 74.4 Å². The van der Waals surface area contributed by atoms with Gasteiger partial charge < -0.3 is 19.5 Å². The van der Waals surface area contributed by atoms with Gasteiger partial charge in [0.25, 0.3) is 0 Å². The zero-order valence-electron chi connectivity index (χ0n) is 25.0. The van der Waals surface area contributed by atoms with Gasteiger partial charge in [0.05, 0.1) is 26.3 Å². The highest BCUT2D eigenvalue weighted by molar-refractivity contribution is 5.87. The Kier molecular flexibility index (Phi) is 7.52. The number of ether oxygens (including phenoxy) is 1. The maximum atomic E-state index is 6.02. The molecule has 4 heterocycles. The van der Waals surface area contributed by atoms with Gasteiger partial charge >= 0.3 is 0 Å². The standard InChI is InChI=1S/C31H42N10O/c1-20-12-14-22(15-13-20)18-41-26-27(32-21(2)23-10-7-11-23)33-29(30-36-38-39(3)37-30)34-28(26)35-31(41)40-16-17-42-19-25(40)24-8-5-4-6-9-24/h4-6,8-9,20-23,25H,7,10-19H2,1-3H3,(H,32,33,34). The van der Waals surface area contributed by atoms with Crippen molar-refractivity contribution < 1.29 is 4.74 Å². The second-order valence-corrected chi connectivity index (χ2v) is 12.6. The molecule has 0 radical (unpaired) electrons. The van der Waals surface area contributed by atoms with Crippen LogP contribution in [0.2, 0.25) is 0 Å². The van der Waals surface area contributed by atoms with Crippen LogP contribution in [0.25, 0.3) is 22.8 Å². The van der Waals surface area contributed by atoms with Crippen LogP contribution in [-0.2, 0) is 18.3 Å². The molecule has 11 nitrogen and oxygen atoms in total. The smallest absolute Gasteiger partial charge is 0.242 e. The SMILES string of the molecule is CC1CCC(Cn2c(N3CCOCC3c3ccccc3)nc3nc(-c4nnn(C)n4)nc(NC(C)C4CCC4)c32)CC1. The van der Waals surface area contributed by atoms with Gasteiger partial charge in [-0.3, -0.25) is 0 Å². The minimum absolute atomic E-state index is 0.0706. The zero-order valence-corrected chi connectivity index (χ0v) is 25.0. The molecule has 1 N–H and O–H groups in total. The van der Waals surface area contributed by atoms with E-state index >= 15 is 0 Å². The Hall–Kier alpha value is -3.60. The summed E-state index contributed by atoms with van der Waals surface area (Å²) in [6, 6.07) is 11.0. The molecule has 3 fully saturated rings. The van der Waals surface area contributed by atoms with Gasteiger partial charge in [-0.15, -0.1) is 10.2 Å². The van der Waals surface area contributed by atoms with Crippen LogP contribution in [0.4, 0.5) is 11.8 Å². The highest BCUT2D eigenvalue weighted by Gasteiger charge is 2.33. The molecule has 42 heavy (non-hydrogen) atoms. The molecule has 0 spiro atoms. The predicted molar refractivity (Wildman–Crippen MR) is 162 cm³/mol. The second kappa shape index (κ2) is 11.6. The monoisotopic (exact) mass is 570 g/mol. The first kappa shape index (κ1) is 27.2. The first-order valence-corrected chi connectivity index (χ1v) is 15.7. The van der Waals surface area contributed by atoms with Crippen LogP contribution in [0.5, 0.6) is 0 Å². The molecule has 1 aromatic carbocycles. The lowest BCUT2D eigenvalue weighted by Gasteiger charge is -2.37. The number of rotatable bonds is 8. The summed E-state index contributed by atoms with van der Waals surface area (Å²) in [5, 5.41) is 16.5. The quantitative estimate of drug-likeness (QED) is 0.312. The summed E-state index contributed by atoms with van der Waals surface area (Å²) in [5.41, 5.74) is 2.88. The minimum atomic E-state index is 0.0706. The summed E-state index contributed by atoms with van der Waals surface area (Å²) in [5.74, 6) is 4.64. The number of hydrogen-bond donors (Lipinski definition) is 1. The summed E-state index contributed by atoms with van der Waals surface area (Å²) in [6.45, 7) is 7.60. The number of nitrogens with one attached hydrogen (secondary N) is 1. The lowest BCUT2D eigenvalue weighted by molar-refractivity contribution is 0.0927. The van der Waals surface area contributed by atoms with Gasteiger partial charge in [0.15, 0.2) is 11.5 Å². The van der Waals surface area contributed by atoms with Crippen LogP contribution in [0.3, 0.4) is 0 Å². The Bertz CT molecular complexity index is 1500. The third kappa shape index (κ3) is 5.34. The molecule has 0 bridgehead atoms. The van der Waals surface area contributed by atoms with E-state index in [1.165, 1.54) is 55.3 Å². The van der Waals surface area contributed by atoms with E-state index in [0.717, 1.165) is 36.3 Å². The molecule has 3 aliphatic rings. The molecule has 2 atom stereocenters. The molecule has 11 heteroatoms. The van der Waals surface area contributed by atoms with Gasteiger partial charge in [-0.05, 0) is 61.1 Å². The second-order valence-electron chi connectivity index (χ2n) is 12.6. The van der Waals surface area contributed by atoms with Crippen molar-refractivity contribution in [2.24, 2.45) is 24.8 Å². The highest BCUT2D eigenvalue weighted by Crippen LogP contribution is 2.38. The Morgan fingerprint density at radius 2 is 1.81 bits per heavy atom. The predicted octanol–water partition coefficient (Wildman–Crippen LogP) is 5.02. The largest absolute Gasteiger partial charge is 0.377 e. The molecule has 4 aromatic rings. The van der Waals surface area contributed by atoms with E-state index in [4.69, 9.17) is 19.7 Å². The number of morpholine rings is 1. The molecule has 2 unspecified atom stereocenters. The number of nitrogens with zero attached hydrogens (tertiary/aromatic N) is 9. The summed E-state index contributed by atoms with van der Waals surface area (Å²) < 4.78 is 8.44. The summed E-state index contributed by atoms with van der Waals surface area (Å²) in [6.07, 6.45) is 8.81. The molecular formula is C31H42N10O. The van der Waals surface area contributed by atoms with Gasteiger partial charge in [-0.1, -0.05) is 56.5 Å². The molecule has 2 aliphatic carbocycles. The van der Waals surface area contributed by atoms with Crippen LogP contribution in [-0.4, -0.2) is 65.5 Å². The van der Waals surface area contributed by atoms with Crippen molar-refractivity contribution in [3.05, 3.63) is 35.9 Å². The average Bonchev–Trinajstić information content (AvgIpc) is 3.57. The van der Waals surface area contributed by atoms with Gasteiger partial charge in [-0.2, -0.15) is 9.78 Å². The molecule has 1 aliphatic heterocycles. The Morgan fingerprint density at radius 3 is 2.52 bits per heavy atom. The third-order valence-corrected chi connectivity index (χ3v) is 9.66. The topological polar surface area (TPSA) is 112 Å². The summed E-state index contributed by atoms with van der Waals surface area (Å²) in [7, 11) is 1.76. The molecule has 3 aromatic heterocycles. The van der Waals surface area contributed by atoms with E-state index in [1.54, 1.807) is 7.05 Å². The summed E-state index contributed by atoms with van der Waals surface area (Å²) >= 11 is 0. The van der Waals surface area contributed by atoms with Crippen molar-refractivity contribution in [2.75, 3.05) is 30.0 Å². The fourth-order valence-corrected chi connectivity index (χ4v) is 6.83. The van der Waals surface area contributed by atoms with Gasteiger partial charge in [0.2, 0.25) is 17.6 Å². The Labute approximate surface area is 247 Å². The highest BCUT2D eigenvalue weighted by atomic mass is 16.5. The molecule has 2 saturated carbocycles. The number of fused-ring (bicyclic) bond motifs is 1. The van der Waals surface area contributed by atoms with E-state index in [-0.39, 0.29) is 6.04 Å². The van der Waals surface area contributed by atoms with E-state index < -0.39 is 0 Å². The van der Waals surface area contributed by atoms with Crippen LogP contribution in [0.15, 0.2) is 30.3 Å². The van der Waals surface area contributed by atoms with E-state index in [0.29, 0.717) is 48.4 Å². The van der Waals surface area contributed by atoms with E-state index in [9.17, 15) is 0 Å². The zero-order chi connectivity index (χ0) is 28.6. The number of benzene rings is 1. The van der Waals surface area contributed by atoms with Crippen molar-refractivity contribution in [1.29, 1.82) is 0 Å². The van der Waals surface area contributed by atoms with Crippen molar-refractivity contribution in [3.63, 3.8) is 0 Å². The van der Waals surface area contributed by atoms with Crippen molar-refractivity contribution in [2.45, 2.75) is 77.4 Å². The molecule has 7 rings (SSSR count). The van der Waals surface area contributed by atoms with Gasteiger partial charge in [0, 0.05) is 19.1 Å². The lowest BCUT2D eigenvalue weighted by Crippen LogP contribution is -2.41. The third-order valence-electron chi connectivity index (χ3n) is 9.66. The number of tetrazole rings is 1. The fourth-order valence-electron chi connectivity index (χ4n) is 6.83. The Balaban J connectivity index is 1.37. The lowest BCUT2D eigenvalue weighted by atomic mass is 9.80. The maximum Gasteiger partial charge on any atom is 0.242 e. The van der Waals surface area contributed by atoms with Crippen molar-refractivity contribution in [1.82, 2.24) is 39.7 Å². The van der Waals surface area contributed by atoms with Crippen molar-refractivity contribution in [3.8, 4) is 11.6 Å². The number of hydrogen-bond acceptors (Lipinski definition) is 9. The van der Waals surface area contributed by atoms with Crippen LogP contribution < -0.4 is 10.2 Å². The fraction of sp³-hybridized carbons (Fsp3) is 0.613. The van der Waals surface area contributed by atoms with Gasteiger partial charge in [0.1, 0.15) is 5.52 Å². The molecule has 1 saturated heterocycles. The molecule has 222 valence electrons. The normalized spacial score (nSPS) is 24.1. The number of aromatic nitrogens is 8. The van der Waals surface area contributed by atoms with Crippen LogP contribution in [0, 0.1) is 17.8 Å². The van der Waals surface area contributed by atoms with E-state index in [1.807, 2.05) is 0 Å². The number of aryl methyl sites for hydroxylation is 1. The van der Waals surface area contributed by atoms with Crippen LogP contribution in [0.1, 0.15) is 70.4 Å². The Morgan fingerprint density at radius 1 is 1.00 bits per heavy atom. The van der Waals surface area contributed by atoms with Crippen molar-refractivity contribution >= 4 is 22.9 Å². The molecular weight excluding hydrogens is 528 g/mol. The van der Waals surface area contributed by atoms with Gasteiger partial charge in [-0.25, -0.2) is 9.97 Å². The first-order chi connectivity index (χ1) is 20.5. The maximum absolute atomic E-state index is 6.02. The molecule has 0 amide bonds. The number of imidazole rings is 1. The van der Waals surface area contributed by atoms with Crippen LogP contribution >= 0.6 is 0 Å². The minimum Gasteiger partial charge on any atom is -0.377 e. The number of anilines is 2. The first-order valence-electron chi connectivity index (χ1n) is 15.7. The average molecular weight is 571 g/mol. The summed E-state index contributed by atoms with van der Waals surface area (Å²) in [4.78, 5) is 19.2.